The lowest BCUT2D eigenvalue weighted by molar-refractivity contribution is -0.117. The second-order valence-electron chi connectivity index (χ2n) is 4.86. The van der Waals surface area contributed by atoms with Gasteiger partial charge in [0.05, 0.1) is 18.9 Å². The Kier molecular flexibility index (Phi) is 3.35. The molecule has 1 aromatic carbocycles. The molecule has 4 heteroatoms. The van der Waals surface area contributed by atoms with Crippen molar-refractivity contribution in [2.45, 2.75) is 18.9 Å². The molecule has 0 N–H and O–H groups in total. The van der Waals surface area contributed by atoms with Crippen LogP contribution in [-0.4, -0.2) is 32.0 Å². The molecule has 0 saturated carbocycles. The SMILES string of the molecule is CN1C(=O)Cc2cc(C(CC#N)N(C)C)ccc21. The van der Waals surface area contributed by atoms with Gasteiger partial charge in [-0.25, -0.2) is 0 Å². The summed E-state index contributed by atoms with van der Waals surface area (Å²) in [6, 6.07) is 8.34. The van der Waals surface area contributed by atoms with Gasteiger partial charge in [-0.05, 0) is 31.3 Å². The molecule has 0 radical (unpaired) electrons. The molecule has 1 unspecified atom stereocenters. The van der Waals surface area contributed by atoms with Gasteiger partial charge in [-0.2, -0.15) is 5.26 Å². The standard InChI is InChI=1S/C14H17N3O/c1-16(2)12(6-7-15)10-4-5-13-11(8-10)9-14(18)17(13)3/h4-5,8,12H,6,9H2,1-3H3. The highest BCUT2D eigenvalue weighted by molar-refractivity contribution is 6.00. The number of anilines is 1. The number of nitrogens with zero attached hydrogens (tertiary/aromatic N) is 3. The first kappa shape index (κ1) is 12.6. The van der Waals surface area contributed by atoms with E-state index in [2.05, 4.69) is 12.1 Å². The molecular weight excluding hydrogens is 226 g/mol. The highest BCUT2D eigenvalue weighted by atomic mass is 16.2. The van der Waals surface area contributed by atoms with E-state index in [-0.39, 0.29) is 11.9 Å². The number of likely N-dealkylation sites (N-methyl/N-ethyl adjacent to an activating group) is 1. The van der Waals surface area contributed by atoms with E-state index >= 15 is 0 Å². The monoisotopic (exact) mass is 243 g/mol. The zero-order chi connectivity index (χ0) is 13.3. The van der Waals surface area contributed by atoms with Crippen molar-refractivity contribution in [2.24, 2.45) is 0 Å². The van der Waals surface area contributed by atoms with Crippen LogP contribution in [0.25, 0.3) is 0 Å². The third-order valence-corrected chi connectivity index (χ3v) is 3.47. The molecule has 0 fully saturated rings. The topological polar surface area (TPSA) is 47.3 Å². The van der Waals surface area contributed by atoms with Crippen LogP contribution >= 0.6 is 0 Å². The first-order chi connectivity index (χ1) is 8.54. The van der Waals surface area contributed by atoms with E-state index in [1.165, 1.54) is 0 Å². The molecular formula is C14H17N3O. The molecule has 18 heavy (non-hydrogen) atoms. The smallest absolute Gasteiger partial charge is 0.231 e. The van der Waals surface area contributed by atoms with Gasteiger partial charge in [-0.3, -0.25) is 4.79 Å². The van der Waals surface area contributed by atoms with Crippen LogP contribution < -0.4 is 4.90 Å². The van der Waals surface area contributed by atoms with Crippen LogP contribution in [0, 0.1) is 11.3 Å². The van der Waals surface area contributed by atoms with E-state index in [0.717, 1.165) is 16.8 Å². The van der Waals surface area contributed by atoms with E-state index in [4.69, 9.17) is 5.26 Å². The molecule has 0 aromatic heterocycles. The van der Waals surface area contributed by atoms with Crippen molar-refractivity contribution in [3.8, 4) is 6.07 Å². The Bertz CT molecular complexity index is 516. The second kappa shape index (κ2) is 4.79. The van der Waals surface area contributed by atoms with E-state index in [0.29, 0.717) is 12.8 Å². The van der Waals surface area contributed by atoms with Gasteiger partial charge in [0.15, 0.2) is 0 Å². The Morgan fingerprint density at radius 2 is 2.22 bits per heavy atom. The highest BCUT2D eigenvalue weighted by Crippen LogP contribution is 2.32. The van der Waals surface area contributed by atoms with Crippen LogP contribution in [-0.2, 0) is 11.2 Å². The number of hydrogen-bond donors (Lipinski definition) is 0. The van der Waals surface area contributed by atoms with Crippen LogP contribution in [0.15, 0.2) is 18.2 Å². The molecule has 94 valence electrons. The first-order valence-corrected chi connectivity index (χ1v) is 5.97. The van der Waals surface area contributed by atoms with Crippen LogP contribution in [0.4, 0.5) is 5.69 Å². The van der Waals surface area contributed by atoms with Crippen molar-refractivity contribution in [1.29, 1.82) is 5.26 Å². The molecule has 1 aromatic rings. The number of nitriles is 1. The maximum absolute atomic E-state index is 11.6. The van der Waals surface area contributed by atoms with Crippen molar-refractivity contribution in [3.05, 3.63) is 29.3 Å². The largest absolute Gasteiger partial charge is 0.315 e. The number of carbonyl (C=O) groups excluding carboxylic acids is 1. The highest BCUT2D eigenvalue weighted by Gasteiger charge is 2.25. The first-order valence-electron chi connectivity index (χ1n) is 5.97. The summed E-state index contributed by atoms with van der Waals surface area (Å²) < 4.78 is 0. The minimum atomic E-state index is 0.0845. The molecule has 4 nitrogen and oxygen atoms in total. The summed E-state index contributed by atoms with van der Waals surface area (Å²) in [7, 11) is 5.73. The summed E-state index contributed by atoms with van der Waals surface area (Å²) in [5.41, 5.74) is 3.14. The van der Waals surface area contributed by atoms with E-state index < -0.39 is 0 Å². The molecule has 1 amide bonds. The normalized spacial score (nSPS) is 15.7. The number of hydrogen-bond acceptors (Lipinski definition) is 3. The fraction of sp³-hybridized carbons (Fsp3) is 0.429. The lowest BCUT2D eigenvalue weighted by atomic mass is 9.99. The Morgan fingerprint density at radius 3 is 2.83 bits per heavy atom. The Hall–Kier alpha value is -1.86. The maximum atomic E-state index is 11.6. The van der Waals surface area contributed by atoms with Crippen molar-refractivity contribution in [1.82, 2.24) is 4.90 Å². The third-order valence-electron chi connectivity index (χ3n) is 3.47. The van der Waals surface area contributed by atoms with E-state index in [1.54, 1.807) is 11.9 Å². The summed E-state index contributed by atoms with van der Waals surface area (Å²) in [5, 5.41) is 8.89. The molecule has 0 spiro atoms. The van der Waals surface area contributed by atoms with Gasteiger partial charge in [0, 0.05) is 18.8 Å². The zero-order valence-corrected chi connectivity index (χ0v) is 11.0. The molecule has 0 aliphatic carbocycles. The molecule has 0 bridgehead atoms. The molecule has 1 atom stereocenters. The fourth-order valence-corrected chi connectivity index (χ4v) is 2.38. The number of rotatable bonds is 3. The van der Waals surface area contributed by atoms with Crippen molar-refractivity contribution < 1.29 is 4.79 Å². The average molecular weight is 243 g/mol. The van der Waals surface area contributed by atoms with Crippen LogP contribution in [0.2, 0.25) is 0 Å². The van der Waals surface area contributed by atoms with Gasteiger partial charge in [-0.15, -0.1) is 0 Å². The van der Waals surface area contributed by atoms with Crippen molar-refractivity contribution >= 4 is 11.6 Å². The minimum Gasteiger partial charge on any atom is -0.315 e. The van der Waals surface area contributed by atoms with Gasteiger partial charge < -0.3 is 9.80 Å². The van der Waals surface area contributed by atoms with Gasteiger partial charge in [0.1, 0.15) is 0 Å². The number of carbonyl (C=O) groups is 1. The Balaban J connectivity index is 2.35. The summed E-state index contributed by atoms with van der Waals surface area (Å²) in [6.07, 6.45) is 0.919. The summed E-state index contributed by atoms with van der Waals surface area (Å²) >= 11 is 0. The number of benzene rings is 1. The van der Waals surface area contributed by atoms with Crippen LogP contribution in [0.3, 0.4) is 0 Å². The average Bonchev–Trinajstić information content (AvgIpc) is 2.61. The Labute approximate surface area is 107 Å². The quantitative estimate of drug-likeness (QED) is 0.812. The molecule has 0 saturated heterocycles. The number of fused-ring (bicyclic) bond motifs is 1. The van der Waals surface area contributed by atoms with Gasteiger partial charge in [-0.1, -0.05) is 12.1 Å². The summed E-state index contributed by atoms with van der Waals surface area (Å²) in [4.78, 5) is 15.4. The van der Waals surface area contributed by atoms with Gasteiger partial charge in [0.25, 0.3) is 0 Å². The second-order valence-corrected chi connectivity index (χ2v) is 4.86. The molecule has 1 heterocycles. The molecule has 1 aliphatic heterocycles. The summed E-state index contributed by atoms with van der Waals surface area (Å²) in [5.74, 6) is 0.129. The minimum absolute atomic E-state index is 0.0845. The lowest BCUT2D eigenvalue weighted by Crippen LogP contribution is -2.20. The van der Waals surface area contributed by atoms with Crippen LogP contribution in [0.1, 0.15) is 23.6 Å². The van der Waals surface area contributed by atoms with Crippen LogP contribution in [0.5, 0.6) is 0 Å². The van der Waals surface area contributed by atoms with Gasteiger partial charge >= 0.3 is 0 Å². The van der Waals surface area contributed by atoms with Crippen molar-refractivity contribution in [2.75, 3.05) is 26.0 Å². The third kappa shape index (κ3) is 2.09. The van der Waals surface area contributed by atoms with Crippen molar-refractivity contribution in [3.63, 3.8) is 0 Å². The fourth-order valence-electron chi connectivity index (χ4n) is 2.38. The van der Waals surface area contributed by atoms with E-state index in [9.17, 15) is 4.79 Å². The zero-order valence-electron chi connectivity index (χ0n) is 11.0. The van der Waals surface area contributed by atoms with E-state index in [1.807, 2.05) is 31.1 Å². The molecule has 1 aliphatic rings. The predicted octanol–water partition coefficient (Wildman–Crippen LogP) is 1.72. The summed E-state index contributed by atoms with van der Waals surface area (Å²) in [6.45, 7) is 0. The lowest BCUT2D eigenvalue weighted by Gasteiger charge is -2.23. The number of amides is 1. The molecule has 2 rings (SSSR count). The Morgan fingerprint density at radius 1 is 1.50 bits per heavy atom. The predicted molar refractivity (Wildman–Crippen MR) is 70.2 cm³/mol. The van der Waals surface area contributed by atoms with Gasteiger partial charge in [0.2, 0.25) is 5.91 Å². The maximum Gasteiger partial charge on any atom is 0.231 e.